The Labute approximate surface area is 222 Å². The van der Waals surface area contributed by atoms with Crippen LogP contribution in [0.2, 0.25) is 0 Å². The van der Waals surface area contributed by atoms with Crippen molar-refractivity contribution in [3.8, 4) is 11.5 Å². The highest BCUT2D eigenvalue weighted by Crippen LogP contribution is 2.28. The Morgan fingerprint density at radius 3 is 2.42 bits per heavy atom. The number of hydrogen-bond donors (Lipinski definition) is 1. The van der Waals surface area contributed by atoms with Crippen molar-refractivity contribution in [2.24, 2.45) is 5.92 Å². The van der Waals surface area contributed by atoms with Gasteiger partial charge in [-0.2, -0.15) is 0 Å². The number of carboxylic acids is 1. The second-order valence-corrected chi connectivity index (χ2v) is 9.48. The Bertz CT molecular complexity index is 1080. The monoisotopic (exact) mass is 528 g/mol. The Balaban J connectivity index is 1.58. The highest BCUT2D eigenvalue weighted by molar-refractivity contribution is 5.72. The van der Waals surface area contributed by atoms with E-state index in [4.69, 9.17) is 14.2 Å². The maximum absolute atomic E-state index is 13.0. The summed E-state index contributed by atoms with van der Waals surface area (Å²) in [6, 6.07) is 11.5. The van der Waals surface area contributed by atoms with E-state index >= 15 is 0 Å². The maximum Gasteiger partial charge on any atom is 0.415 e. The van der Waals surface area contributed by atoms with Crippen LogP contribution >= 0.6 is 0 Å². The first-order valence-electron chi connectivity index (χ1n) is 13.0. The van der Waals surface area contributed by atoms with Gasteiger partial charge in [-0.1, -0.05) is 37.8 Å². The molecule has 1 fully saturated rings. The molecule has 0 heterocycles. The molecule has 0 aliphatic heterocycles. The molecule has 1 aliphatic rings. The number of carbonyl (C=O) groups is 2. The minimum atomic E-state index is -1.00. The van der Waals surface area contributed by atoms with Crippen LogP contribution in [-0.2, 0) is 16.0 Å². The van der Waals surface area contributed by atoms with Crippen molar-refractivity contribution >= 4 is 17.7 Å². The molecule has 38 heavy (non-hydrogen) atoms. The van der Waals surface area contributed by atoms with Crippen LogP contribution in [0.15, 0.2) is 42.5 Å². The number of benzene rings is 2. The molecule has 0 saturated heterocycles. The molecular formula is C28H36N2O8. The molecule has 3 rings (SSSR count). The first kappa shape index (κ1) is 28.9. The lowest BCUT2D eigenvalue weighted by Gasteiger charge is -2.23. The van der Waals surface area contributed by atoms with E-state index in [1.165, 1.54) is 18.9 Å². The van der Waals surface area contributed by atoms with Crippen LogP contribution in [0.1, 0.15) is 50.2 Å². The Kier molecular flexibility index (Phi) is 10.9. The molecule has 206 valence electrons. The summed E-state index contributed by atoms with van der Waals surface area (Å²) in [5.74, 6) is 0.291. The molecule has 1 atom stereocenters. The van der Waals surface area contributed by atoms with Gasteiger partial charge in [0, 0.05) is 25.1 Å². The molecule has 0 aromatic heterocycles. The first-order valence-corrected chi connectivity index (χ1v) is 13.0. The molecule has 10 heteroatoms. The molecule has 1 N–H and O–H groups in total. The molecule has 1 aliphatic carbocycles. The van der Waals surface area contributed by atoms with Gasteiger partial charge in [-0.3, -0.25) is 10.1 Å². The summed E-state index contributed by atoms with van der Waals surface area (Å²) >= 11 is 0. The number of amides is 1. The van der Waals surface area contributed by atoms with E-state index in [-0.39, 0.29) is 31.0 Å². The summed E-state index contributed by atoms with van der Waals surface area (Å²) < 4.78 is 16.6. The number of carbonyl (C=O) groups excluding carboxylic acids is 1. The van der Waals surface area contributed by atoms with Crippen LogP contribution in [0.3, 0.4) is 0 Å². The zero-order valence-electron chi connectivity index (χ0n) is 22.0. The number of nitrogens with zero attached hydrogens (tertiary/aromatic N) is 2. The lowest BCUT2D eigenvalue weighted by molar-refractivity contribution is -0.385. The van der Waals surface area contributed by atoms with Crippen LogP contribution < -0.4 is 9.47 Å². The van der Waals surface area contributed by atoms with E-state index in [2.05, 4.69) is 0 Å². The van der Waals surface area contributed by atoms with E-state index in [0.29, 0.717) is 30.4 Å². The first-order chi connectivity index (χ1) is 18.3. The van der Waals surface area contributed by atoms with Gasteiger partial charge >= 0.3 is 12.1 Å². The quantitative estimate of drug-likeness (QED) is 0.255. The van der Waals surface area contributed by atoms with E-state index < -0.39 is 23.1 Å². The lowest BCUT2D eigenvalue weighted by Crippen LogP contribution is -2.38. The van der Waals surface area contributed by atoms with Crippen LogP contribution in [0.5, 0.6) is 11.5 Å². The minimum Gasteiger partial charge on any atom is -0.492 e. The van der Waals surface area contributed by atoms with Gasteiger partial charge in [-0.15, -0.1) is 0 Å². The van der Waals surface area contributed by atoms with Gasteiger partial charge in [0.05, 0.1) is 17.5 Å². The fourth-order valence-electron chi connectivity index (χ4n) is 4.57. The second-order valence-electron chi connectivity index (χ2n) is 9.48. The lowest BCUT2D eigenvalue weighted by atomic mass is 10.0. The summed E-state index contributed by atoms with van der Waals surface area (Å²) in [6.45, 7) is 4.72. The maximum atomic E-state index is 13.0. The third kappa shape index (κ3) is 8.72. The van der Waals surface area contributed by atoms with Crippen molar-refractivity contribution in [3.05, 3.63) is 63.7 Å². The van der Waals surface area contributed by atoms with Crippen molar-refractivity contribution in [1.82, 2.24) is 4.90 Å². The van der Waals surface area contributed by atoms with Gasteiger partial charge in [0.25, 0.3) is 5.69 Å². The molecule has 10 nitrogen and oxygen atoms in total. The van der Waals surface area contributed by atoms with E-state index in [1.54, 1.807) is 55.1 Å². The van der Waals surface area contributed by atoms with Crippen LogP contribution in [0.25, 0.3) is 0 Å². The van der Waals surface area contributed by atoms with Crippen molar-refractivity contribution in [2.45, 2.75) is 58.5 Å². The predicted octanol–water partition coefficient (Wildman–Crippen LogP) is 5.40. The minimum absolute atomic E-state index is 0.101. The molecule has 2 aromatic carbocycles. The third-order valence-electron chi connectivity index (χ3n) is 6.74. The van der Waals surface area contributed by atoms with Crippen molar-refractivity contribution < 1.29 is 33.8 Å². The standard InChI is InChI=1S/C28H36N2O8/c1-3-36-26(27(31)32)18-22-9-12-23(13-10-22)37-17-16-29(15-14-21-6-4-5-7-21)28(33)38-24-11-8-20(2)25(19-24)30(34)35/h8-13,19,21,26H,3-7,14-18H2,1-2H3,(H,31,32). The molecule has 2 aromatic rings. The number of aryl methyl sites for hydroxylation is 1. The molecule has 0 spiro atoms. The van der Waals surface area contributed by atoms with E-state index in [9.17, 15) is 24.8 Å². The number of hydrogen-bond acceptors (Lipinski definition) is 7. The number of carboxylic acid groups (broad SMARTS) is 1. The third-order valence-corrected chi connectivity index (χ3v) is 6.74. The van der Waals surface area contributed by atoms with E-state index in [0.717, 1.165) is 24.8 Å². The van der Waals surface area contributed by atoms with Crippen LogP contribution in [0.4, 0.5) is 10.5 Å². The van der Waals surface area contributed by atoms with Gasteiger partial charge < -0.3 is 24.2 Å². The van der Waals surface area contributed by atoms with Crippen LogP contribution in [-0.4, -0.2) is 59.4 Å². The largest absolute Gasteiger partial charge is 0.492 e. The summed E-state index contributed by atoms with van der Waals surface area (Å²) in [5, 5.41) is 20.5. The van der Waals surface area contributed by atoms with Crippen molar-refractivity contribution in [1.29, 1.82) is 0 Å². The molecular weight excluding hydrogens is 492 g/mol. The van der Waals surface area contributed by atoms with Gasteiger partial charge in [-0.05, 0) is 56.0 Å². The number of rotatable bonds is 14. The summed E-state index contributed by atoms with van der Waals surface area (Å²) in [7, 11) is 0. The fourth-order valence-corrected chi connectivity index (χ4v) is 4.57. The van der Waals surface area contributed by atoms with Crippen LogP contribution in [0, 0.1) is 23.0 Å². The van der Waals surface area contributed by atoms with Gasteiger partial charge in [0.1, 0.15) is 18.1 Å². The Morgan fingerprint density at radius 1 is 1.11 bits per heavy atom. The SMILES string of the molecule is CCOC(Cc1ccc(OCCN(CCC2CCCC2)C(=O)Oc2ccc(C)c([N+](=O)[O-])c2)cc1)C(=O)O. The highest BCUT2D eigenvalue weighted by atomic mass is 16.6. The summed E-state index contributed by atoms with van der Waals surface area (Å²) in [4.78, 5) is 36.7. The predicted molar refractivity (Wildman–Crippen MR) is 141 cm³/mol. The molecule has 0 radical (unpaired) electrons. The number of nitro groups is 1. The zero-order valence-corrected chi connectivity index (χ0v) is 22.0. The molecule has 0 bridgehead atoms. The molecule has 1 amide bonds. The van der Waals surface area contributed by atoms with E-state index in [1.807, 2.05) is 0 Å². The highest BCUT2D eigenvalue weighted by Gasteiger charge is 2.22. The fraction of sp³-hybridized carbons (Fsp3) is 0.500. The van der Waals surface area contributed by atoms with Crippen molar-refractivity contribution in [3.63, 3.8) is 0 Å². The molecule has 1 saturated carbocycles. The number of aliphatic carboxylic acids is 1. The zero-order chi connectivity index (χ0) is 27.5. The summed E-state index contributed by atoms with van der Waals surface area (Å²) in [5.41, 5.74) is 1.20. The van der Waals surface area contributed by atoms with Gasteiger partial charge in [-0.25, -0.2) is 9.59 Å². The van der Waals surface area contributed by atoms with Gasteiger partial charge in [0.15, 0.2) is 6.10 Å². The number of nitro benzene ring substituents is 1. The van der Waals surface area contributed by atoms with Crippen molar-refractivity contribution in [2.75, 3.05) is 26.3 Å². The molecule has 1 unspecified atom stereocenters. The second kappa shape index (κ2) is 14.3. The topological polar surface area (TPSA) is 128 Å². The normalized spacial score (nSPS) is 14.2. The average Bonchev–Trinajstić information content (AvgIpc) is 3.41. The van der Waals surface area contributed by atoms with Gasteiger partial charge in [0.2, 0.25) is 0 Å². The number of ether oxygens (including phenoxy) is 3. The summed E-state index contributed by atoms with van der Waals surface area (Å²) in [6.07, 6.45) is 4.36. The Hall–Kier alpha value is -3.66. The Morgan fingerprint density at radius 2 is 1.79 bits per heavy atom. The average molecular weight is 529 g/mol. The smallest absolute Gasteiger partial charge is 0.415 e.